The van der Waals surface area contributed by atoms with Crippen LogP contribution in [-0.4, -0.2) is 22.5 Å². The van der Waals surface area contributed by atoms with Crippen molar-refractivity contribution in [2.24, 2.45) is 0 Å². The molecule has 0 amide bonds. The molecule has 20 heavy (non-hydrogen) atoms. The van der Waals surface area contributed by atoms with E-state index in [-0.39, 0.29) is 28.5 Å². The first-order valence-electron chi connectivity index (χ1n) is 5.54. The summed E-state index contributed by atoms with van der Waals surface area (Å²) >= 11 is 5.80. The number of rotatable bonds is 2. The van der Waals surface area contributed by atoms with Crippen LogP contribution in [0.25, 0.3) is 10.9 Å². The van der Waals surface area contributed by atoms with Gasteiger partial charge in [-0.25, -0.2) is 14.8 Å². The van der Waals surface area contributed by atoms with Gasteiger partial charge in [0.15, 0.2) is 0 Å². The van der Waals surface area contributed by atoms with Crippen LogP contribution in [0, 0.1) is 0 Å². The fourth-order valence-corrected chi connectivity index (χ4v) is 1.79. The molecular weight excluding hydrogens is 297 g/mol. The highest BCUT2D eigenvalue weighted by Crippen LogP contribution is 2.32. The quantitative estimate of drug-likeness (QED) is 0.629. The second-order valence-electron chi connectivity index (χ2n) is 3.79. The standard InChI is InChI=1S/C12H8ClF3N2O2/c1-2-20-11(19)10-17-8-4-3-6(12(14,15)16)5-7(8)9(13)18-10/h3-5H,2H2,1H3. The Morgan fingerprint density at radius 3 is 2.65 bits per heavy atom. The van der Waals surface area contributed by atoms with Crippen LogP contribution in [0.5, 0.6) is 0 Å². The van der Waals surface area contributed by atoms with Gasteiger partial charge in [0.2, 0.25) is 5.82 Å². The number of esters is 1. The number of alkyl halides is 3. The van der Waals surface area contributed by atoms with Crippen molar-refractivity contribution in [3.05, 3.63) is 34.7 Å². The van der Waals surface area contributed by atoms with Gasteiger partial charge in [-0.2, -0.15) is 13.2 Å². The molecular formula is C12H8ClF3N2O2. The fourth-order valence-electron chi connectivity index (χ4n) is 1.55. The SMILES string of the molecule is CCOC(=O)c1nc(Cl)c2cc(C(F)(F)F)ccc2n1. The van der Waals surface area contributed by atoms with Gasteiger partial charge in [0.05, 0.1) is 17.7 Å². The van der Waals surface area contributed by atoms with Gasteiger partial charge in [-0.15, -0.1) is 0 Å². The zero-order valence-electron chi connectivity index (χ0n) is 10.2. The van der Waals surface area contributed by atoms with Crippen LogP contribution in [0.15, 0.2) is 18.2 Å². The number of hydrogen-bond donors (Lipinski definition) is 0. The van der Waals surface area contributed by atoms with E-state index in [1.165, 1.54) is 0 Å². The van der Waals surface area contributed by atoms with E-state index in [0.29, 0.717) is 0 Å². The predicted octanol–water partition coefficient (Wildman–Crippen LogP) is 3.48. The Bertz CT molecular complexity index is 674. The highest BCUT2D eigenvalue weighted by molar-refractivity contribution is 6.34. The molecule has 0 aliphatic rings. The fraction of sp³-hybridized carbons (Fsp3) is 0.250. The maximum absolute atomic E-state index is 12.6. The summed E-state index contributed by atoms with van der Waals surface area (Å²) < 4.78 is 42.5. The van der Waals surface area contributed by atoms with Gasteiger partial charge in [0.1, 0.15) is 5.15 Å². The molecule has 0 N–H and O–H groups in total. The molecule has 1 aromatic heterocycles. The van der Waals surface area contributed by atoms with Crippen LogP contribution in [0.3, 0.4) is 0 Å². The average molecular weight is 305 g/mol. The van der Waals surface area contributed by atoms with Gasteiger partial charge in [-0.1, -0.05) is 11.6 Å². The molecule has 2 rings (SSSR count). The zero-order valence-corrected chi connectivity index (χ0v) is 10.9. The summed E-state index contributed by atoms with van der Waals surface area (Å²) in [6.45, 7) is 1.74. The lowest BCUT2D eigenvalue weighted by molar-refractivity contribution is -0.137. The van der Waals surface area contributed by atoms with Crippen molar-refractivity contribution < 1.29 is 22.7 Å². The minimum atomic E-state index is -4.49. The molecule has 1 heterocycles. The molecule has 0 unspecified atom stereocenters. The van der Waals surface area contributed by atoms with Crippen LogP contribution < -0.4 is 0 Å². The summed E-state index contributed by atoms with van der Waals surface area (Å²) in [4.78, 5) is 19.0. The normalized spacial score (nSPS) is 11.7. The average Bonchev–Trinajstić information content (AvgIpc) is 2.37. The van der Waals surface area contributed by atoms with E-state index < -0.39 is 17.7 Å². The van der Waals surface area contributed by atoms with Crippen LogP contribution in [-0.2, 0) is 10.9 Å². The number of ether oxygens (including phenoxy) is 1. The molecule has 0 saturated carbocycles. The topological polar surface area (TPSA) is 52.1 Å². The molecule has 4 nitrogen and oxygen atoms in total. The number of aromatic nitrogens is 2. The first-order chi connectivity index (χ1) is 9.32. The van der Waals surface area contributed by atoms with Gasteiger partial charge in [-0.3, -0.25) is 0 Å². The van der Waals surface area contributed by atoms with E-state index in [0.717, 1.165) is 18.2 Å². The number of carbonyl (C=O) groups is 1. The second kappa shape index (κ2) is 5.24. The van der Waals surface area contributed by atoms with E-state index in [1.807, 2.05) is 0 Å². The zero-order chi connectivity index (χ0) is 14.9. The molecule has 1 aromatic carbocycles. The van der Waals surface area contributed by atoms with Crippen LogP contribution >= 0.6 is 11.6 Å². The Kier molecular flexibility index (Phi) is 3.80. The maximum atomic E-state index is 12.6. The van der Waals surface area contributed by atoms with Crippen LogP contribution in [0.4, 0.5) is 13.2 Å². The van der Waals surface area contributed by atoms with Crippen LogP contribution in [0.2, 0.25) is 5.15 Å². The van der Waals surface area contributed by atoms with Crippen molar-refractivity contribution in [2.75, 3.05) is 6.61 Å². The Morgan fingerprint density at radius 2 is 2.05 bits per heavy atom. The lowest BCUT2D eigenvalue weighted by Gasteiger charge is -2.08. The number of nitrogens with zero attached hydrogens (tertiary/aromatic N) is 2. The Morgan fingerprint density at radius 1 is 1.35 bits per heavy atom. The molecule has 0 bridgehead atoms. The Balaban J connectivity index is 2.55. The van der Waals surface area contributed by atoms with Gasteiger partial charge in [-0.05, 0) is 25.1 Å². The molecule has 8 heteroatoms. The van der Waals surface area contributed by atoms with Crippen molar-refractivity contribution in [2.45, 2.75) is 13.1 Å². The summed E-state index contributed by atoms with van der Waals surface area (Å²) in [7, 11) is 0. The molecule has 0 spiro atoms. The first-order valence-corrected chi connectivity index (χ1v) is 5.92. The second-order valence-corrected chi connectivity index (χ2v) is 4.15. The van der Waals surface area contributed by atoms with E-state index in [2.05, 4.69) is 9.97 Å². The van der Waals surface area contributed by atoms with Gasteiger partial charge in [0, 0.05) is 5.39 Å². The van der Waals surface area contributed by atoms with E-state index in [1.54, 1.807) is 6.92 Å². The summed E-state index contributed by atoms with van der Waals surface area (Å²) in [6.07, 6.45) is -4.49. The Hall–Kier alpha value is -1.89. The van der Waals surface area contributed by atoms with E-state index in [4.69, 9.17) is 16.3 Å². The highest BCUT2D eigenvalue weighted by atomic mass is 35.5. The number of fused-ring (bicyclic) bond motifs is 1. The van der Waals surface area contributed by atoms with Crippen molar-refractivity contribution in [3.8, 4) is 0 Å². The molecule has 0 aliphatic heterocycles. The van der Waals surface area contributed by atoms with Crippen molar-refractivity contribution >= 4 is 28.5 Å². The lowest BCUT2D eigenvalue weighted by Crippen LogP contribution is -2.10. The predicted molar refractivity (Wildman–Crippen MR) is 65.5 cm³/mol. The molecule has 0 aliphatic carbocycles. The van der Waals surface area contributed by atoms with E-state index in [9.17, 15) is 18.0 Å². The summed E-state index contributed by atoms with van der Waals surface area (Å²) in [6, 6.07) is 2.83. The molecule has 2 aromatic rings. The molecule has 106 valence electrons. The van der Waals surface area contributed by atoms with Gasteiger partial charge >= 0.3 is 12.1 Å². The van der Waals surface area contributed by atoms with Crippen LogP contribution in [0.1, 0.15) is 23.1 Å². The lowest BCUT2D eigenvalue weighted by atomic mass is 10.1. The number of halogens is 4. The first kappa shape index (κ1) is 14.5. The molecule has 0 saturated heterocycles. The van der Waals surface area contributed by atoms with E-state index >= 15 is 0 Å². The maximum Gasteiger partial charge on any atom is 0.416 e. The smallest absolute Gasteiger partial charge is 0.416 e. The van der Waals surface area contributed by atoms with Gasteiger partial charge < -0.3 is 4.74 Å². The summed E-state index contributed by atoms with van der Waals surface area (Å²) in [5, 5.41) is -0.210. The number of benzene rings is 1. The number of carbonyl (C=O) groups excluding carboxylic acids is 1. The minimum Gasteiger partial charge on any atom is -0.460 e. The van der Waals surface area contributed by atoms with Crippen molar-refractivity contribution in [1.29, 1.82) is 0 Å². The molecule has 0 fully saturated rings. The third-order valence-electron chi connectivity index (χ3n) is 2.43. The minimum absolute atomic E-state index is 0.0227. The Labute approximate surface area is 116 Å². The third kappa shape index (κ3) is 2.82. The molecule has 0 radical (unpaired) electrons. The van der Waals surface area contributed by atoms with Crippen molar-refractivity contribution in [1.82, 2.24) is 9.97 Å². The van der Waals surface area contributed by atoms with Gasteiger partial charge in [0.25, 0.3) is 0 Å². The number of hydrogen-bond acceptors (Lipinski definition) is 4. The monoisotopic (exact) mass is 304 g/mol. The van der Waals surface area contributed by atoms with Crippen molar-refractivity contribution in [3.63, 3.8) is 0 Å². The summed E-state index contributed by atoms with van der Waals surface area (Å²) in [5.41, 5.74) is -0.722. The highest BCUT2D eigenvalue weighted by Gasteiger charge is 2.31. The molecule has 0 atom stereocenters. The third-order valence-corrected chi connectivity index (χ3v) is 2.72. The largest absolute Gasteiger partial charge is 0.460 e. The summed E-state index contributed by atoms with van der Waals surface area (Å²) in [5.74, 6) is -1.07.